The first-order valence-corrected chi connectivity index (χ1v) is 7.71. The van der Waals surface area contributed by atoms with Gasteiger partial charge in [0.25, 0.3) is 0 Å². The summed E-state index contributed by atoms with van der Waals surface area (Å²) in [4.78, 5) is 36.6. The second-order valence-electron chi connectivity index (χ2n) is 6.14. The topological polar surface area (TPSA) is 104 Å². The van der Waals surface area contributed by atoms with Crippen LogP contribution in [0.15, 0.2) is 18.2 Å². The SMILES string of the molecule is COc1ccc2c(c1)C[C@@H](C(=O)O)N2C(=O)[C@H](C)C[C@@H](C)C(=O)O. The molecule has 2 N–H and O–H groups in total. The number of aliphatic carboxylic acids is 2. The number of methoxy groups -OCH3 is 1. The molecular weight excluding hydrogens is 314 g/mol. The standard InChI is InChI=1S/C17H21NO6/c1-9(6-10(2)16(20)21)15(19)18-13-5-4-12(24-3)7-11(13)8-14(18)17(22)23/h4-5,7,9-10,14H,6,8H2,1-3H3,(H,20,21)(H,22,23)/t9-,10-,14+/m1/s1. The van der Waals surface area contributed by atoms with E-state index in [4.69, 9.17) is 9.84 Å². The molecule has 0 radical (unpaired) electrons. The van der Waals surface area contributed by atoms with Gasteiger partial charge in [-0.1, -0.05) is 13.8 Å². The first kappa shape index (κ1) is 17.8. The average molecular weight is 335 g/mol. The van der Waals surface area contributed by atoms with E-state index in [-0.39, 0.29) is 18.7 Å². The number of carboxylic acid groups (broad SMARTS) is 2. The zero-order chi connectivity index (χ0) is 18.0. The fraction of sp³-hybridized carbons (Fsp3) is 0.471. The number of carbonyl (C=O) groups is 3. The third-order valence-electron chi connectivity index (χ3n) is 4.34. The van der Waals surface area contributed by atoms with Crippen LogP contribution in [0.2, 0.25) is 0 Å². The molecule has 0 spiro atoms. The number of hydrogen-bond donors (Lipinski definition) is 2. The molecule has 0 bridgehead atoms. The van der Waals surface area contributed by atoms with Crippen LogP contribution < -0.4 is 9.64 Å². The highest BCUT2D eigenvalue weighted by atomic mass is 16.5. The van der Waals surface area contributed by atoms with Gasteiger partial charge in [-0.15, -0.1) is 0 Å². The lowest BCUT2D eigenvalue weighted by Gasteiger charge is -2.26. The van der Waals surface area contributed by atoms with E-state index < -0.39 is 29.8 Å². The summed E-state index contributed by atoms with van der Waals surface area (Å²) >= 11 is 0. The molecule has 2 rings (SSSR count). The third kappa shape index (κ3) is 3.34. The Labute approximate surface area is 139 Å². The van der Waals surface area contributed by atoms with Gasteiger partial charge in [0.15, 0.2) is 0 Å². The van der Waals surface area contributed by atoms with Crippen molar-refractivity contribution in [3.8, 4) is 5.75 Å². The van der Waals surface area contributed by atoms with Gasteiger partial charge in [-0.2, -0.15) is 0 Å². The van der Waals surface area contributed by atoms with Gasteiger partial charge in [0.05, 0.1) is 13.0 Å². The number of benzene rings is 1. The summed E-state index contributed by atoms with van der Waals surface area (Å²) in [6, 6.07) is 4.08. The van der Waals surface area contributed by atoms with Crippen LogP contribution in [0.3, 0.4) is 0 Å². The van der Waals surface area contributed by atoms with Crippen molar-refractivity contribution in [2.75, 3.05) is 12.0 Å². The Hall–Kier alpha value is -2.57. The van der Waals surface area contributed by atoms with Crippen molar-refractivity contribution in [1.82, 2.24) is 0 Å². The number of amides is 1. The van der Waals surface area contributed by atoms with Gasteiger partial charge in [0, 0.05) is 18.0 Å². The van der Waals surface area contributed by atoms with Crippen LogP contribution in [0.5, 0.6) is 5.75 Å². The van der Waals surface area contributed by atoms with Crippen molar-refractivity contribution in [3.63, 3.8) is 0 Å². The van der Waals surface area contributed by atoms with Gasteiger partial charge in [0.1, 0.15) is 11.8 Å². The number of ether oxygens (including phenoxy) is 1. The van der Waals surface area contributed by atoms with Crippen molar-refractivity contribution >= 4 is 23.5 Å². The number of anilines is 1. The second-order valence-corrected chi connectivity index (χ2v) is 6.14. The van der Waals surface area contributed by atoms with Crippen molar-refractivity contribution in [2.24, 2.45) is 11.8 Å². The van der Waals surface area contributed by atoms with E-state index in [9.17, 15) is 19.5 Å². The van der Waals surface area contributed by atoms with Gasteiger partial charge in [-0.3, -0.25) is 14.5 Å². The number of carboxylic acids is 2. The van der Waals surface area contributed by atoms with Crippen LogP contribution in [0.25, 0.3) is 0 Å². The molecule has 0 unspecified atom stereocenters. The molecule has 1 heterocycles. The molecule has 1 aliphatic heterocycles. The molecule has 1 aromatic carbocycles. The predicted octanol–water partition coefficient (Wildman–Crippen LogP) is 1.78. The van der Waals surface area contributed by atoms with Gasteiger partial charge in [0.2, 0.25) is 5.91 Å². The summed E-state index contributed by atoms with van der Waals surface area (Å²) in [5, 5.41) is 18.5. The van der Waals surface area contributed by atoms with Crippen LogP contribution in [0, 0.1) is 11.8 Å². The van der Waals surface area contributed by atoms with Gasteiger partial charge < -0.3 is 14.9 Å². The fourth-order valence-electron chi connectivity index (χ4n) is 2.99. The molecule has 3 atom stereocenters. The van der Waals surface area contributed by atoms with Gasteiger partial charge >= 0.3 is 11.9 Å². The maximum absolute atomic E-state index is 12.8. The molecule has 130 valence electrons. The Kier molecular flexibility index (Phi) is 5.11. The highest BCUT2D eigenvalue weighted by molar-refractivity contribution is 6.03. The summed E-state index contributed by atoms with van der Waals surface area (Å²) in [5.74, 6) is -3.11. The summed E-state index contributed by atoms with van der Waals surface area (Å²) in [6.45, 7) is 3.16. The van der Waals surface area contributed by atoms with E-state index >= 15 is 0 Å². The van der Waals surface area contributed by atoms with Crippen LogP contribution in [0.4, 0.5) is 5.69 Å². The first-order chi connectivity index (χ1) is 11.3. The van der Waals surface area contributed by atoms with E-state index in [2.05, 4.69) is 0 Å². The van der Waals surface area contributed by atoms with Crippen molar-refractivity contribution in [1.29, 1.82) is 0 Å². The van der Waals surface area contributed by atoms with E-state index in [0.29, 0.717) is 11.4 Å². The van der Waals surface area contributed by atoms with Gasteiger partial charge in [-0.05, 0) is 30.2 Å². The minimum Gasteiger partial charge on any atom is -0.497 e. The largest absolute Gasteiger partial charge is 0.497 e. The number of hydrogen-bond acceptors (Lipinski definition) is 4. The van der Waals surface area contributed by atoms with Crippen molar-refractivity contribution in [3.05, 3.63) is 23.8 Å². The number of fused-ring (bicyclic) bond motifs is 1. The number of rotatable bonds is 6. The molecule has 0 saturated carbocycles. The Morgan fingerprint density at radius 3 is 2.46 bits per heavy atom. The monoisotopic (exact) mass is 335 g/mol. The lowest BCUT2D eigenvalue weighted by molar-refractivity contribution is -0.143. The Morgan fingerprint density at radius 2 is 1.92 bits per heavy atom. The number of carbonyl (C=O) groups excluding carboxylic acids is 1. The summed E-state index contributed by atoms with van der Waals surface area (Å²) in [5.41, 5.74) is 1.27. The fourth-order valence-corrected chi connectivity index (χ4v) is 2.99. The second kappa shape index (κ2) is 6.90. The molecule has 0 saturated heterocycles. The zero-order valence-electron chi connectivity index (χ0n) is 13.9. The smallest absolute Gasteiger partial charge is 0.327 e. The summed E-state index contributed by atoms with van der Waals surface area (Å²) in [7, 11) is 1.52. The minimum absolute atomic E-state index is 0.155. The van der Waals surface area contributed by atoms with Gasteiger partial charge in [-0.25, -0.2) is 4.79 Å². The minimum atomic E-state index is -1.09. The van der Waals surface area contributed by atoms with Crippen LogP contribution in [-0.4, -0.2) is 41.2 Å². The third-order valence-corrected chi connectivity index (χ3v) is 4.34. The van der Waals surface area contributed by atoms with Crippen molar-refractivity contribution < 1.29 is 29.3 Å². The quantitative estimate of drug-likeness (QED) is 0.821. The maximum atomic E-state index is 12.8. The van der Waals surface area contributed by atoms with E-state index in [1.165, 1.54) is 18.9 Å². The molecule has 0 aliphatic carbocycles. The molecular formula is C17H21NO6. The molecule has 1 amide bonds. The van der Waals surface area contributed by atoms with Crippen LogP contribution in [-0.2, 0) is 20.8 Å². The van der Waals surface area contributed by atoms with Crippen LogP contribution >= 0.6 is 0 Å². The van der Waals surface area contributed by atoms with E-state index in [1.54, 1.807) is 25.1 Å². The molecule has 24 heavy (non-hydrogen) atoms. The highest BCUT2D eigenvalue weighted by Gasteiger charge is 2.40. The van der Waals surface area contributed by atoms with Crippen molar-refractivity contribution in [2.45, 2.75) is 32.7 Å². The Morgan fingerprint density at radius 1 is 1.25 bits per heavy atom. The predicted molar refractivity (Wildman–Crippen MR) is 86.2 cm³/mol. The molecule has 7 nitrogen and oxygen atoms in total. The first-order valence-electron chi connectivity index (χ1n) is 7.71. The summed E-state index contributed by atoms with van der Waals surface area (Å²) in [6.07, 6.45) is 0.358. The number of nitrogens with zero attached hydrogens (tertiary/aromatic N) is 1. The molecule has 0 aromatic heterocycles. The van der Waals surface area contributed by atoms with E-state index in [0.717, 1.165) is 5.56 Å². The molecule has 1 aromatic rings. The Balaban J connectivity index is 2.30. The normalized spacial score (nSPS) is 18.6. The van der Waals surface area contributed by atoms with Crippen LogP contribution in [0.1, 0.15) is 25.8 Å². The highest BCUT2D eigenvalue weighted by Crippen LogP contribution is 2.36. The summed E-state index contributed by atoms with van der Waals surface area (Å²) < 4.78 is 5.14. The zero-order valence-corrected chi connectivity index (χ0v) is 13.9. The lowest BCUT2D eigenvalue weighted by atomic mass is 9.96. The van der Waals surface area contributed by atoms with E-state index in [1.807, 2.05) is 0 Å². The molecule has 7 heteroatoms. The Bertz CT molecular complexity index is 671. The molecule has 0 fully saturated rings. The average Bonchev–Trinajstić information content (AvgIpc) is 2.92. The maximum Gasteiger partial charge on any atom is 0.327 e. The molecule has 1 aliphatic rings. The lowest BCUT2D eigenvalue weighted by Crippen LogP contribution is -2.45.